The van der Waals surface area contributed by atoms with Crippen LogP contribution in [0, 0.1) is 0 Å². The van der Waals surface area contributed by atoms with E-state index in [1.807, 2.05) is 31.2 Å². The molecule has 0 heterocycles. The van der Waals surface area contributed by atoms with E-state index in [1.54, 1.807) is 0 Å². The molecular formula is C23H32O4. The molecule has 0 aliphatic carbocycles. The van der Waals surface area contributed by atoms with Crippen molar-refractivity contribution >= 4 is 0 Å². The van der Waals surface area contributed by atoms with E-state index in [-0.39, 0.29) is 12.0 Å². The molecule has 4 heteroatoms. The average molecular weight is 373 g/mol. The molecule has 0 fully saturated rings. The molecule has 0 aromatic heterocycles. The molecular weight excluding hydrogens is 340 g/mol. The molecule has 0 aliphatic heterocycles. The number of rotatable bonds is 11. The van der Waals surface area contributed by atoms with Gasteiger partial charge in [-0.05, 0) is 41.8 Å². The van der Waals surface area contributed by atoms with Crippen molar-refractivity contribution in [2.24, 2.45) is 0 Å². The maximum absolute atomic E-state index is 9.79. The zero-order valence-electron chi connectivity index (χ0n) is 16.6. The lowest BCUT2D eigenvalue weighted by Crippen LogP contribution is -2.19. The summed E-state index contributed by atoms with van der Waals surface area (Å²) in [6, 6.07) is 16.2. The van der Waals surface area contributed by atoms with Crippen LogP contribution in [0.25, 0.3) is 0 Å². The van der Waals surface area contributed by atoms with Gasteiger partial charge in [0.25, 0.3) is 0 Å². The summed E-state index contributed by atoms with van der Waals surface area (Å²) in [6.45, 7) is 7.42. The number of aliphatic hydroxyl groups is 2. The van der Waals surface area contributed by atoms with Crippen molar-refractivity contribution < 1.29 is 19.7 Å². The normalized spacial score (nSPS) is 12.6. The second-order valence-electron chi connectivity index (χ2n) is 7.35. The number of hydrogen-bond donors (Lipinski definition) is 2. The van der Waals surface area contributed by atoms with Gasteiger partial charge >= 0.3 is 0 Å². The monoisotopic (exact) mass is 372 g/mol. The molecule has 4 nitrogen and oxygen atoms in total. The molecule has 0 radical (unpaired) electrons. The summed E-state index contributed by atoms with van der Waals surface area (Å²) >= 11 is 0. The Morgan fingerprint density at radius 1 is 0.889 bits per heavy atom. The van der Waals surface area contributed by atoms with Crippen LogP contribution in [0.5, 0.6) is 11.5 Å². The zero-order valence-corrected chi connectivity index (χ0v) is 16.6. The standard InChI is InChI=1S/C23H32O4/c1-4-6-20(25)17-27-22-13-9-19(10-14-22)23(2,3)18-7-11-21(12-8-18)26-16-5-15-24/h7-14,20,24-25H,4-6,15-17H2,1-3H3. The summed E-state index contributed by atoms with van der Waals surface area (Å²) in [5, 5.41) is 18.6. The Morgan fingerprint density at radius 3 is 1.89 bits per heavy atom. The highest BCUT2D eigenvalue weighted by molar-refractivity contribution is 5.41. The number of ether oxygens (including phenoxy) is 2. The lowest BCUT2D eigenvalue weighted by molar-refractivity contribution is 0.0993. The maximum Gasteiger partial charge on any atom is 0.119 e. The molecule has 0 spiro atoms. The highest BCUT2D eigenvalue weighted by Gasteiger charge is 2.23. The summed E-state index contributed by atoms with van der Waals surface area (Å²) < 4.78 is 11.3. The minimum Gasteiger partial charge on any atom is -0.494 e. The second-order valence-corrected chi connectivity index (χ2v) is 7.35. The number of benzene rings is 2. The van der Waals surface area contributed by atoms with Crippen LogP contribution in [-0.4, -0.2) is 36.1 Å². The van der Waals surface area contributed by atoms with Gasteiger partial charge in [-0.1, -0.05) is 51.5 Å². The topological polar surface area (TPSA) is 58.9 Å². The van der Waals surface area contributed by atoms with Crippen LogP contribution in [0.2, 0.25) is 0 Å². The first-order chi connectivity index (χ1) is 13.0. The third kappa shape index (κ3) is 6.26. The molecule has 0 aliphatic rings. The fraction of sp³-hybridized carbons (Fsp3) is 0.478. The average Bonchev–Trinajstić information content (AvgIpc) is 2.67. The molecule has 2 rings (SSSR count). The van der Waals surface area contributed by atoms with E-state index < -0.39 is 6.10 Å². The molecule has 0 amide bonds. The second kappa shape index (κ2) is 10.3. The van der Waals surface area contributed by atoms with Crippen LogP contribution in [0.3, 0.4) is 0 Å². The van der Waals surface area contributed by atoms with Crippen LogP contribution in [0.1, 0.15) is 51.2 Å². The van der Waals surface area contributed by atoms with Crippen molar-refractivity contribution in [1.82, 2.24) is 0 Å². The van der Waals surface area contributed by atoms with Crippen molar-refractivity contribution in [3.63, 3.8) is 0 Å². The van der Waals surface area contributed by atoms with Gasteiger partial charge in [0.15, 0.2) is 0 Å². The van der Waals surface area contributed by atoms with Crippen LogP contribution in [0.4, 0.5) is 0 Å². The predicted octanol–water partition coefficient (Wildman–Crippen LogP) is 4.31. The Hall–Kier alpha value is -2.04. The fourth-order valence-electron chi connectivity index (χ4n) is 2.97. The Kier molecular flexibility index (Phi) is 8.14. The summed E-state index contributed by atoms with van der Waals surface area (Å²) in [6.07, 6.45) is 1.93. The number of hydrogen-bond acceptors (Lipinski definition) is 4. The van der Waals surface area contributed by atoms with Crippen molar-refractivity contribution in [3.8, 4) is 11.5 Å². The fourth-order valence-corrected chi connectivity index (χ4v) is 2.97. The first kappa shape index (κ1) is 21.3. The summed E-state index contributed by atoms with van der Waals surface area (Å²) in [5.41, 5.74) is 2.24. The summed E-state index contributed by atoms with van der Waals surface area (Å²) in [5.74, 6) is 1.59. The minimum atomic E-state index is -0.413. The predicted molar refractivity (Wildman–Crippen MR) is 109 cm³/mol. The Labute approximate surface area is 162 Å². The molecule has 1 atom stereocenters. The molecule has 148 valence electrons. The summed E-state index contributed by atoms with van der Waals surface area (Å²) in [7, 11) is 0. The number of aliphatic hydroxyl groups excluding tert-OH is 2. The molecule has 0 bridgehead atoms. The van der Waals surface area contributed by atoms with Gasteiger partial charge in [0, 0.05) is 18.4 Å². The van der Waals surface area contributed by atoms with E-state index in [1.165, 1.54) is 11.1 Å². The van der Waals surface area contributed by atoms with Crippen LogP contribution in [-0.2, 0) is 5.41 Å². The van der Waals surface area contributed by atoms with Gasteiger partial charge in [-0.3, -0.25) is 0 Å². The molecule has 2 N–H and O–H groups in total. The van der Waals surface area contributed by atoms with Crippen molar-refractivity contribution in [2.75, 3.05) is 19.8 Å². The lowest BCUT2D eigenvalue weighted by Gasteiger charge is -2.26. The van der Waals surface area contributed by atoms with Crippen molar-refractivity contribution in [3.05, 3.63) is 59.7 Å². The quantitative estimate of drug-likeness (QED) is 0.577. The highest BCUT2D eigenvalue weighted by Crippen LogP contribution is 2.33. The SMILES string of the molecule is CCCC(O)COc1ccc(C(C)(C)c2ccc(OCCCO)cc2)cc1. The van der Waals surface area contributed by atoms with Gasteiger partial charge in [-0.15, -0.1) is 0 Å². The van der Waals surface area contributed by atoms with E-state index in [0.29, 0.717) is 19.6 Å². The molecule has 1 unspecified atom stereocenters. The zero-order chi connectivity index (χ0) is 19.7. The first-order valence-electron chi connectivity index (χ1n) is 9.73. The molecule has 2 aromatic rings. The van der Waals surface area contributed by atoms with Gasteiger partial charge in [-0.2, -0.15) is 0 Å². The van der Waals surface area contributed by atoms with Gasteiger partial charge in [0.1, 0.15) is 18.1 Å². The third-order valence-corrected chi connectivity index (χ3v) is 4.79. The van der Waals surface area contributed by atoms with E-state index in [0.717, 1.165) is 24.3 Å². The van der Waals surface area contributed by atoms with Crippen molar-refractivity contribution in [1.29, 1.82) is 0 Å². The Morgan fingerprint density at radius 2 is 1.41 bits per heavy atom. The Bertz CT molecular complexity index is 662. The van der Waals surface area contributed by atoms with E-state index >= 15 is 0 Å². The molecule has 27 heavy (non-hydrogen) atoms. The largest absolute Gasteiger partial charge is 0.494 e. The van der Waals surface area contributed by atoms with Gasteiger partial charge in [0.2, 0.25) is 0 Å². The van der Waals surface area contributed by atoms with E-state index in [4.69, 9.17) is 14.6 Å². The molecule has 2 aromatic carbocycles. The highest BCUT2D eigenvalue weighted by atomic mass is 16.5. The van der Waals surface area contributed by atoms with Crippen LogP contribution in [0.15, 0.2) is 48.5 Å². The molecule has 0 saturated carbocycles. The minimum absolute atomic E-state index is 0.141. The van der Waals surface area contributed by atoms with Crippen LogP contribution >= 0.6 is 0 Å². The maximum atomic E-state index is 9.79. The third-order valence-electron chi connectivity index (χ3n) is 4.79. The first-order valence-corrected chi connectivity index (χ1v) is 9.73. The summed E-state index contributed by atoms with van der Waals surface area (Å²) in [4.78, 5) is 0. The smallest absolute Gasteiger partial charge is 0.119 e. The van der Waals surface area contributed by atoms with E-state index in [9.17, 15) is 5.11 Å². The lowest BCUT2D eigenvalue weighted by atomic mass is 9.78. The van der Waals surface area contributed by atoms with E-state index in [2.05, 4.69) is 38.1 Å². The van der Waals surface area contributed by atoms with Gasteiger partial charge in [-0.25, -0.2) is 0 Å². The Balaban J connectivity index is 2.00. The van der Waals surface area contributed by atoms with Crippen molar-refractivity contribution in [2.45, 2.75) is 51.6 Å². The van der Waals surface area contributed by atoms with Crippen LogP contribution < -0.4 is 9.47 Å². The van der Waals surface area contributed by atoms with Gasteiger partial charge in [0.05, 0.1) is 12.7 Å². The van der Waals surface area contributed by atoms with Gasteiger partial charge < -0.3 is 19.7 Å². The molecule has 0 saturated heterocycles.